The summed E-state index contributed by atoms with van der Waals surface area (Å²) in [6.07, 6.45) is -7.98. The van der Waals surface area contributed by atoms with E-state index in [1.165, 1.54) is 6.92 Å². The highest BCUT2D eigenvalue weighted by molar-refractivity contribution is 5.77. The Kier molecular flexibility index (Phi) is 3.21. The lowest BCUT2D eigenvalue weighted by atomic mass is 10.1. The van der Waals surface area contributed by atoms with E-state index in [1.807, 2.05) is 0 Å². The number of halogens is 5. The molecule has 5 nitrogen and oxygen atoms in total. The van der Waals surface area contributed by atoms with E-state index in [0.717, 1.165) is 0 Å². The minimum atomic E-state index is -5.11. The van der Waals surface area contributed by atoms with Crippen LogP contribution in [0.25, 0.3) is 0 Å². The van der Waals surface area contributed by atoms with Crippen molar-refractivity contribution in [1.29, 1.82) is 0 Å². The van der Waals surface area contributed by atoms with Crippen molar-refractivity contribution < 1.29 is 36.0 Å². The molecule has 2 heterocycles. The number of piperidine rings is 1. The van der Waals surface area contributed by atoms with Crippen LogP contribution in [0.4, 0.5) is 22.0 Å². The Morgan fingerprint density at radius 1 is 1.50 bits per heavy atom. The average molecular weight is 326 g/mol. The molecule has 1 aromatic heterocycles. The zero-order valence-corrected chi connectivity index (χ0v) is 11.2. The van der Waals surface area contributed by atoms with Crippen molar-refractivity contribution >= 4 is 5.97 Å². The molecule has 3 atom stereocenters. The first kappa shape index (κ1) is 15.2. The second-order valence-corrected chi connectivity index (χ2v) is 5.42. The number of esters is 1. The normalized spacial score (nSPS) is 30.5. The molecule has 2 aliphatic rings. The lowest BCUT2D eigenvalue weighted by Gasteiger charge is -2.17. The van der Waals surface area contributed by atoms with Gasteiger partial charge in [-0.15, -0.1) is 0 Å². The van der Waals surface area contributed by atoms with Crippen molar-refractivity contribution in [2.24, 2.45) is 5.92 Å². The van der Waals surface area contributed by atoms with Crippen LogP contribution in [0.3, 0.4) is 0 Å². The molecular weight excluding hydrogens is 315 g/mol. The van der Waals surface area contributed by atoms with Crippen LogP contribution >= 0.6 is 0 Å². The third kappa shape index (κ3) is 2.08. The number of nitrogens with one attached hydrogen (secondary N) is 1. The minimum Gasteiger partial charge on any atom is -0.450 e. The van der Waals surface area contributed by atoms with Crippen LogP contribution in [-0.2, 0) is 9.53 Å². The largest absolute Gasteiger partial charge is 0.490 e. The Morgan fingerprint density at radius 3 is 2.73 bits per heavy atom. The standard InChI is InChI=1S/C12H11F5N2O3/c1-4-7(19-22-8(4)9(13)14)6-5-2-18-3-11(5,6)21-10(20)12(15,16)17/h5-6,9,18H,2-3H2,1H3. The van der Waals surface area contributed by atoms with Gasteiger partial charge in [-0.05, 0) is 6.92 Å². The summed E-state index contributed by atoms with van der Waals surface area (Å²) in [4.78, 5) is 11.1. The Hall–Kier alpha value is -1.71. The van der Waals surface area contributed by atoms with Crippen LogP contribution in [-0.4, -0.2) is 36.0 Å². The first-order valence-corrected chi connectivity index (χ1v) is 6.43. The average Bonchev–Trinajstić information content (AvgIpc) is 2.75. The second-order valence-electron chi connectivity index (χ2n) is 5.42. The van der Waals surface area contributed by atoms with Gasteiger partial charge >= 0.3 is 12.1 Å². The molecule has 2 fully saturated rings. The molecule has 3 unspecified atom stereocenters. The lowest BCUT2D eigenvalue weighted by molar-refractivity contribution is -0.207. The fraction of sp³-hybridized carbons (Fsp3) is 0.667. The molecule has 122 valence electrons. The SMILES string of the molecule is Cc1c(C2C3CNCC32OC(=O)C(F)(F)F)noc1C(F)F. The van der Waals surface area contributed by atoms with Gasteiger partial charge in [0, 0.05) is 24.6 Å². The number of carbonyl (C=O) groups is 1. The zero-order chi connectivity index (χ0) is 16.3. The molecule has 0 bridgehead atoms. The number of alkyl halides is 5. The highest BCUT2D eigenvalue weighted by Crippen LogP contribution is 2.62. The predicted octanol–water partition coefficient (Wildman–Crippen LogP) is 2.08. The quantitative estimate of drug-likeness (QED) is 0.681. The van der Waals surface area contributed by atoms with E-state index in [-0.39, 0.29) is 17.8 Å². The van der Waals surface area contributed by atoms with E-state index >= 15 is 0 Å². The Labute approximate surface area is 120 Å². The zero-order valence-electron chi connectivity index (χ0n) is 11.2. The number of rotatable bonds is 3. The molecule has 1 saturated carbocycles. The molecule has 0 aromatic carbocycles. The van der Waals surface area contributed by atoms with Crippen molar-refractivity contribution in [2.45, 2.75) is 31.0 Å². The van der Waals surface area contributed by atoms with Gasteiger partial charge in [0.05, 0.1) is 11.6 Å². The van der Waals surface area contributed by atoms with Gasteiger partial charge < -0.3 is 14.6 Å². The van der Waals surface area contributed by atoms with Crippen LogP contribution in [0.1, 0.15) is 29.4 Å². The summed E-state index contributed by atoms with van der Waals surface area (Å²) in [6.45, 7) is 1.68. The third-order valence-electron chi connectivity index (χ3n) is 4.22. The fourth-order valence-corrected chi connectivity index (χ4v) is 3.13. The number of hydrogen-bond acceptors (Lipinski definition) is 5. The van der Waals surface area contributed by atoms with Crippen LogP contribution in [0.2, 0.25) is 0 Å². The number of aromatic nitrogens is 1. The molecular formula is C12H11F5N2O3. The van der Waals surface area contributed by atoms with Crippen LogP contribution in [0, 0.1) is 12.8 Å². The van der Waals surface area contributed by atoms with E-state index in [0.29, 0.717) is 6.54 Å². The second kappa shape index (κ2) is 4.64. The molecule has 1 saturated heterocycles. The minimum absolute atomic E-state index is 0.0144. The van der Waals surface area contributed by atoms with Gasteiger partial charge in [-0.25, -0.2) is 13.6 Å². The van der Waals surface area contributed by atoms with Gasteiger partial charge in [0.1, 0.15) is 5.60 Å². The summed E-state index contributed by atoms with van der Waals surface area (Å²) in [5, 5.41) is 6.36. The molecule has 0 radical (unpaired) electrons. The molecule has 3 rings (SSSR count). The van der Waals surface area contributed by atoms with Gasteiger partial charge in [-0.1, -0.05) is 5.16 Å². The maximum atomic E-state index is 12.7. The summed E-state index contributed by atoms with van der Waals surface area (Å²) >= 11 is 0. The molecule has 22 heavy (non-hydrogen) atoms. The van der Waals surface area contributed by atoms with Gasteiger partial charge in [-0.3, -0.25) is 0 Å². The predicted molar refractivity (Wildman–Crippen MR) is 60.2 cm³/mol. The lowest BCUT2D eigenvalue weighted by Crippen LogP contribution is -2.36. The van der Waals surface area contributed by atoms with Crippen molar-refractivity contribution in [2.75, 3.05) is 13.1 Å². The van der Waals surface area contributed by atoms with E-state index in [4.69, 9.17) is 0 Å². The molecule has 10 heteroatoms. The number of ether oxygens (including phenoxy) is 1. The number of fused-ring (bicyclic) bond motifs is 1. The van der Waals surface area contributed by atoms with Crippen LogP contribution < -0.4 is 5.32 Å². The van der Waals surface area contributed by atoms with Crippen molar-refractivity contribution in [3.05, 3.63) is 17.0 Å². The van der Waals surface area contributed by atoms with Gasteiger partial charge in [0.25, 0.3) is 6.43 Å². The van der Waals surface area contributed by atoms with Gasteiger partial charge in [0.2, 0.25) is 5.76 Å². The summed E-state index contributed by atoms with van der Waals surface area (Å²) in [5.41, 5.74) is -1.19. The Balaban J connectivity index is 1.86. The first-order chi connectivity index (χ1) is 10.2. The maximum Gasteiger partial charge on any atom is 0.490 e. The van der Waals surface area contributed by atoms with Crippen molar-refractivity contribution in [1.82, 2.24) is 10.5 Å². The molecule has 1 aliphatic carbocycles. The monoisotopic (exact) mass is 326 g/mol. The third-order valence-corrected chi connectivity index (χ3v) is 4.22. The number of nitrogens with zero attached hydrogens (tertiary/aromatic N) is 1. The summed E-state index contributed by atoms with van der Waals surface area (Å²) in [7, 11) is 0. The Morgan fingerprint density at radius 2 is 2.18 bits per heavy atom. The van der Waals surface area contributed by atoms with E-state index in [1.54, 1.807) is 0 Å². The Bertz CT molecular complexity index is 614. The maximum absolute atomic E-state index is 12.7. The fourth-order valence-electron chi connectivity index (χ4n) is 3.13. The molecule has 1 aromatic rings. The van der Waals surface area contributed by atoms with Gasteiger partial charge in [-0.2, -0.15) is 13.2 Å². The smallest absolute Gasteiger partial charge is 0.450 e. The molecule has 0 amide bonds. The highest BCUT2D eigenvalue weighted by atomic mass is 19.4. The van der Waals surface area contributed by atoms with Crippen molar-refractivity contribution in [3.63, 3.8) is 0 Å². The molecule has 0 spiro atoms. The van der Waals surface area contributed by atoms with Crippen molar-refractivity contribution in [3.8, 4) is 0 Å². The van der Waals surface area contributed by atoms with E-state index in [9.17, 15) is 26.7 Å². The summed E-state index contributed by atoms with van der Waals surface area (Å²) in [6, 6.07) is 0. The molecule has 1 N–H and O–H groups in total. The number of carbonyl (C=O) groups excluding carboxylic acids is 1. The highest BCUT2D eigenvalue weighted by Gasteiger charge is 2.73. The van der Waals surface area contributed by atoms with Crippen LogP contribution in [0.5, 0.6) is 0 Å². The summed E-state index contributed by atoms with van der Waals surface area (Å²) < 4.78 is 71.7. The summed E-state index contributed by atoms with van der Waals surface area (Å²) in [5.74, 6) is -4.02. The molecule has 1 aliphatic heterocycles. The van der Waals surface area contributed by atoms with Crippen LogP contribution in [0.15, 0.2) is 4.52 Å². The topological polar surface area (TPSA) is 64.4 Å². The first-order valence-electron chi connectivity index (χ1n) is 6.43. The van der Waals surface area contributed by atoms with E-state index < -0.39 is 41.8 Å². The number of hydrogen-bond donors (Lipinski definition) is 1. The van der Waals surface area contributed by atoms with E-state index in [2.05, 4.69) is 19.7 Å². The van der Waals surface area contributed by atoms with Gasteiger partial charge in [0.15, 0.2) is 0 Å².